The van der Waals surface area contributed by atoms with E-state index in [1.807, 2.05) is 13.0 Å². The Morgan fingerprint density at radius 2 is 2.27 bits per heavy atom. The number of nitrogen functional groups attached to an aromatic ring is 1. The zero-order chi connectivity index (χ0) is 11.0. The number of aromatic amines is 1. The Bertz CT molecular complexity index is 502. The van der Waals surface area contributed by atoms with Crippen molar-refractivity contribution in [3.63, 3.8) is 0 Å². The molecule has 0 aliphatic heterocycles. The number of ether oxygens (including phenoxy) is 1. The summed E-state index contributed by atoms with van der Waals surface area (Å²) >= 11 is 0. The number of H-pyrrole nitrogens is 1. The summed E-state index contributed by atoms with van der Waals surface area (Å²) in [4.78, 5) is 7.55. The number of fused-ring (bicyclic) bond motifs is 1. The predicted molar refractivity (Wildman–Crippen MR) is 61.2 cm³/mol. The van der Waals surface area contributed by atoms with Crippen LogP contribution in [0.2, 0.25) is 0 Å². The Hall–Kier alpha value is -1.71. The number of imidazole rings is 1. The molecule has 0 spiro atoms. The van der Waals surface area contributed by atoms with Crippen LogP contribution in [-0.4, -0.2) is 17.1 Å². The van der Waals surface area contributed by atoms with E-state index in [0.717, 1.165) is 28.8 Å². The van der Waals surface area contributed by atoms with Crippen LogP contribution in [0.3, 0.4) is 0 Å². The van der Waals surface area contributed by atoms with E-state index in [2.05, 4.69) is 16.9 Å². The maximum atomic E-state index is 6.00. The van der Waals surface area contributed by atoms with Crippen molar-refractivity contribution < 1.29 is 4.74 Å². The van der Waals surface area contributed by atoms with Gasteiger partial charge in [-0.15, -0.1) is 0 Å². The minimum atomic E-state index is 0.675. The Kier molecular flexibility index (Phi) is 2.26. The standard InChI is InChI=1S/C11H15N3O/c1-4-7-5-8-10(14-6(2)13-8)11(15-3)9(7)12/h5H,4,12H2,1-3H3,(H,13,14). The summed E-state index contributed by atoms with van der Waals surface area (Å²) in [6, 6.07) is 2.03. The third-order valence-electron chi connectivity index (χ3n) is 2.56. The average Bonchev–Trinajstić information content (AvgIpc) is 2.57. The van der Waals surface area contributed by atoms with Crippen molar-refractivity contribution in [3.8, 4) is 5.75 Å². The second-order valence-electron chi connectivity index (χ2n) is 3.55. The zero-order valence-corrected chi connectivity index (χ0v) is 9.22. The van der Waals surface area contributed by atoms with Gasteiger partial charge in [0.2, 0.25) is 0 Å². The molecule has 2 aromatic rings. The molecule has 0 saturated heterocycles. The summed E-state index contributed by atoms with van der Waals surface area (Å²) in [7, 11) is 1.62. The van der Waals surface area contributed by atoms with Gasteiger partial charge in [-0.2, -0.15) is 0 Å². The van der Waals surface area contributed by atoms with E-state index in [-0.39, 0.29) is 0 Å². The third-order valence-corrected chi connectivity index (χ3v) is 2.56. The molecule has 1 aromatic heterocycles. The van der Waals surface area contributed by atoms with Crippen LogP contribution in [0.15, 0.2) is 6.07 Å². The number of anilines is 1. The van der Waals surface area contributed by atoms with Gasteiger partial charge >= 0.3 is 0 Å². The molecule has 0 aliphatic rings. The van der Waals surface area contributed by atoms with E-state index >= 15 is 0 Å². The van der Waals surface area contributed by atoms with Crippen molar-refractivity contribution in [2.24, 2.45) is 0 Å². The van der Waals surface area contributed by atoms with Crippen molar-refractivity contribution in [1.82, 2.24) is 9.97 Å². The van der Waals surface area contributed by atoms with Gasteiger partial charge in [-0.25, -0.2) is 4.98 Å². The van der Waals surface area contributed by atoms with Crippen molar-refractivity contribution in [1.29, 1.82) is 0 Å². The van der Waals surface area contributed by atoms with E-state index in [1.165, 1.54) is 0 Å². The molecule has 0 amide bonds. The van der Waals surface area contributed by atoms with Gasteiger partial charge in [0.1, 0.15) is 11.3 Å². The summed E-state index contributed by atoms with van der Waals surface area (Å²) < 4.78 is 5.31. The Morgan fingerprint density at radius 3 is 2.87 bits per heavy atom. The van der Waals surface area contributed by atoms with Gasteiger partial charge in [-0.1, -0.05) is 6.92 Å². The minimum Gasteiger partial charge on any atom is -0.492 e. The lowest BCUT2D eigenvalue weighted by Gasteiger charge is -2.09. The van der Waals surface area contributed by atoms with Gasteiger partial charge in [0.25, 0.3) is 0 Å². The Morgan fingerprint density at radius 1 is 1.53 bits per heavy atom. The highest BCUT2D eigenvalue weighted by molar-refractivity contribution is 5.89. The summed E-state index contributed by atoms with van der Waals surface area (Å²) in [5, 5.41) is 0. The lowest BCUT2D eigenvalue weighted by atomic mass is 10.1. The van der Waals surface area contributed by atoms with Gasteiger partial charge in [0.15, 0.2) is 5.75 Å². The molecule has 4 heteroatoms. The van der Waals surface area contributed by atoms with E-state index in [9.17, 15) is 0 Å². The Balaban J connectivity index is 2.82. The van der Waals surface area contributed by atoms with Crippen LogP contribution >= 0.6 is 0 Å². The van der Waals surface area contributed by atoms with E-state index in [4.69, 9.17) is 10.5 Å². The molecular formula is C11H15N3O. The number of nitrogens with two attached hydrogens (primary N) is 1. The normalized spacial score (nSPS) is 10.9. The quantitative estimate of drug-likeness (QED) is 0.737. The van der Waals surface area contributed by atoms with Crippen LogP contribution in [-0.2, 0) is 6.42 Å². The highest BCUT2D eigenvalue weighted by atomic mass is 16.5. The number of rotatable bonds is 2. The van der Waals surface area contributed by atoms with E-state index in [1.54, 1.807) is 7.11 Å². The van der Waals surface area contributed by atoms with Crippen LogP contribution in [0.25, 0.3) is 11.0 Å². The molecule has 0 unspecified atom stereocenters. The number of methoxy groups -OCH3 is 1. The van der Waals surface area contributed by atoms with Crippen LogP contribution in [0.4, 0.5) is 5.69 Å². The van der Waals surface area contributed by atoms with Crippen molar-refractivity contribution in [3.05, 3.63) is 17.5 Å². The van der Waals surface area contributed by atoms with Crippen molar-refractivity contribution >= 4 is 16.7 Å². The predicted octanol–water partition coefficient (Wildman–Crippen LogP) is 2.02. The number of nitrogens with zero attached hydrogens (tertiary/aromatic N) is 1. The number of aromatic nitrogens is 2. The first-order chi connectivity index (χ1) is 7.17. The fourth-order valence-electron chi connectivity index (χ4n) is 1.81. The number of benzene rings is 1. The number of aryl methyl sites for hydroxylation is 2. The lowest BCUT2D eigenvalue weighted by molar-refractivity contribution is 0.420. The lowest BCUT2D eigenvalue weighted by Crippen LogP contribution is -1.98. The van der Waals surface area contributed by atoms with Gasteiger partial charge in [-0.05, 0) is 25.0 Å². The number of nitrogens with one attached hydrogen (secondary N) is 1. The molecular weight excluding hydrogens is 190 g/mol. The van der Waals surface area contributed by atoms with E-state index in [0.29, 0.717) is 11.4 Å². The molecule has 1 heterocycles. The number of hydrogen-bond acceptors (Lipinski definition) is 3. The van der Waals surface area contributed by atoms with Crippen LogP contribution in [0.5, 0.6) is 5.75 Å². The second-order valence-corrected chi connectivity index (χ2v) is 3.55. The van der Waals surface area contributed by atoms with Gasteiger partial charge in [-0.3, -0.25) is 0 Å². The van der Waals surface area contributed by atoms with Gasteiger partial charge < -0.3 is 15.5 Å². The fourth-order valence-corrected chi connectivity index (χ4v) is 1.81. The molecule has 15 heavy (non-hydrogen) atoms. The second kappa shape index (κ2) is 3.46. The largest absolute Gasteiger partial charge is 0.492 e. The molecule has 4 nitrogen and oxygen atoms in total. The Labute approximate surface area is 88.5 Å². The maximum absolute atomic E-state index is 6.00. The summed E-state index contributed by atoms with van der Waals surface area (Å²) in [6.07, 6.45) is 0.885. The third kappa shape index (κ3) is 1.42. The molecule has 2 rings (SSSR count). The zero-order valence-electron chi connectivity index (χ0n) is 9.22. The first kappa shape index (κ1) is 9.83. The topological polar surface area (TPSA) is 63.9 Å². The summed E-state index contributed by atoms with van der Waals surface area (Å²) in [5.41, 5.74) is 9.57. The minimum absolute atomic E-state index is 0.675. The van der Waals surface area contributed by atoms with Crippen molar-refractivity contribution in [2.45, 2.75) is 20.3 Å². The molecule has 0 aliphatic carbocycles. The molecule has 80 valence electrons. The average molecular weight is 205 g/mol. The van der Waals surface area contributed by atoms with Gasteiger partial charge in [0.05, 0.1) is 18.3 Å². The van der Waals surface area contributed by atoms with Crippen LogP contribution in [0.1, 0.15) is 18.3 Å². The molecule has 3 N–H and O–H groups in total. The highest BCUT2D eigenvalue weighted by Crippen LogP contribution is 2.33. The fraction of sp³-hybridized carbons (Fsp3) is 0.364. The molecule has 0 atom stereocenters. The molecule has 0 fully saturated rings. The summed E-state index contributed by atoms with van der Waals surface area (Å²) in [5.74, 6) is 1.55. The molecule has 0 bridgehead atoms. The first-order valence-electron chi connectivity index (χ1n) is 4.99. The summed E-state index contributed by atoms with van der Waals surface area (Å²) in [6.45, 7) is 3.99. The SMILES string of the molecule is CCc1cc2[nH]c(C)nc2c(OC)c1N. The van der Waals surface area contributed by atoms with Gasteiger partial charge in [0, 0.05) is 0 Å². The number of hydrogen-bond donors (Lipinski definition) is 2. The highest BCUT2D eigenvalue weighted by Gasteiger charge is 2.13. The molecule has 0 saturated carbocycles. The maximum Gasteiger partial charge on any atom is 0.169 e. The molecule has 0 radical (unpaired) electrons. The monoisotopic (exact) mass is 205 g/mol. The smallest absolute Gasteiger partial charge is 0.169 e. The van der Waals surface area contributed by atoms with Crippen molar-refractivity contribution in [2.75, 3.05) is 12.8 Å². The van der Waals surface area contributed by atoms with E-state index < -0.39 is 0 Å². The first-order valence-corrected chi connectivity index (χ1v) is 4.99. The van der Waals surface area contributed by atoms with Crippen LogP contribution < -0.4 is 10.5 Å². The molecule has 1 aromatic carbocycles. The van der Waals surface area contributed by atoms with Crippen LogP contribution in [0, 0.1) is 6.92 Å².